The van der Waals surface area contributed by atoms with Crippen LogP contribution < -0.4 is 48.5 Å². The molecule has 2 amide bonds. The molecule has 5 aliphatic heterocycles. The van der Waals surface area contributed by atoms with Crippen molar-refractivity contribution in [1.82, 2.24) is 30.2 Å². The van der Waals surface area contributed by atoms with Gasteiger partial charge in [0.25, 0.3) is 11.8 Å². The van der Waals surface area contributed by atoms with Gasteiger partial charge < -0.3 is 82.9 Å². The third kappa shape index (κ3) is 12.5. The number of carbonyl (C=O) groups excluding carboxylic acids is 4. The normalized spacial score (nSPS) is 22.6. The summed E-state index contributed by atoms with van der Waals surface area (Å²) >= 11 is 0. The lowest BCUT2D eigenvalue weighted by Gasteiger charge is -2.39. The first-order valence-corrected chi connectivity index (χ1v) is 30.7. The maximum absolute atomic E-state index is 13.8. The molecule has 13 rings (SSSR count). The summed E-state index contributed by atoms with van der Waals surface area (Å²) in [6.07, 6.45) is 1.08. The Balaban J connectivity index is 0.000000176. The first kappa shape index (κ1) is 62.2. The SMILES string of the molecule is COc1cc([C@@H]2c3cc4c(cc3[C@@H](NC(=O)c3ccc(CN(C)CCCN(C)C)cc3)[C@H]3COC(=O)[C@H]23)OCO4)cc(OC)c1O.COc1cc([C@@H]2c3cc4c(cc3[C@@H](NC(=O)c3ccc(CN5CCN(C)CC5)cc3)[C@H]3COC(=O)[C@H]23)OCO4)cc(OC)c1O. The fourth-order valence-electron chi connectivity index (χ4n) is 14.0. The smallest absolute Gasteiger partial charge is 0.310 e. The van der Waals surface area contributed by atoms with Crippen molar-refractivity contribution in [2.45, 2.75) is 43.4 Å². The lowest BCUT2D eigenvalue weighted by atomic mass is 9.65. The van der Waals surface area contributed by atoms with Crippen molar-refractivity contribution in [1.29, 1.82) is 0 Å². The van der Waals surface area contributed by atoms with E-state index in [-0.39, 0.29) is 96.9 Å². The zero-order valence-corrected chi connectivity index (χ0v) is 52.4. The quantitative estimate of drug-likeness (QED) is 0.0622. The zero-order chi connectivity index (χ0) is 63.8. The van der Waals surface area contributed by atoms with E-state index in [4.69, 9.17) is 47.4 Å². The Morgan fingerprint density at radius 1 is 0.538 bits per heavy atom. The number of nitrogens with one attached hydrogen (secondary N) is 2. The second kappa shape index (κ2) is 26.5. The van der Waals surface area contributed by atoms with Crippen LogP contribution in [-0.4, -0.2) is 176 Å². The van der Waals surface area contributed by atoms with Crippen LogP contribution in [0.5, 0.6) is 57.5 Å². The molecular weight excluding hydrogens is 1170 g/mol. The van der Waals surface area contributed by atoms with E-state index in [9.17, 15) is 29.4 Å². The van der Waals surface area contributed by atoms with Gasteiger partial charge >= 0.3 is 11.9 Å². The molecule has 2 aliphatic carbocycles. The van der Waals surface area contributed by atoms with Gasteiger partial charge in [-0.15, -0.1) is 0 Å². The van der Waals surface area contributed by atoms with E-state index in [2.05, 4.69) is 58.4 Å². The third-order valence-electron chi connectivity index (χ3n) is 18.7. The van der Waals surface area contributed by atoms with E-state index in [1.165, 1.54) is 28.4 Å². The lowest BCUT2D eigenvalue weighted by molar-refractivity contribution is -0.142. The van der Waals surface area contributed by atoms with Crippen molar-refractivity contribution >= 4 is 23.8 Å². The van der Waals surface area contributed by atoms with Crippen molar-refractivity contribution in [2.75, 3.05) is 123 Å². The molecule has 5 heterocycles. The van der Waals surface area contributed by atoms with Crippen molar-refractivity contribution in [3.05, 3.63) is 153 Å². The number of phenolic OH excluding ortho intramolecular Hbond substituents is 2. The number of phenols is 2. The Bertz CT molecular complexity index is 3660. The number of piperazine rings is 1. The van der Waals surface area contributed by atoms with E-state index < -0.39 is 35.8 Å². The molecule has 0 aromatic heterocycles. The molecule has 3 fully saturated rings. The van der Waals surface area contributed by atoms with Crippen LogP contribution >= 0.6 is 0 Å². The summed E-state index contributed by atoms with van der Waals surface area (Å²) < 4.78 is 56.0. The van der Waals surface area contributed by atoms with Gasteiger partial charge in [0, 0.05) is 74.1 Å². The molecule has 0 radical (unpaired) electrons. The van der Waals surface area contributed by atoms with Gasteiger partial charge in [-0.1, -0.05) is 24.3 Å². The van der Waals surface area contributed by atoms with Crippen LogP contribution in [0.2, 0.25) is 0 Å². The van der Waals surface area contributed by atoms with Crippen molar-refractivity contribution in [3.63, 3.8) is 0 Å². The Kier molecular flexibility index (Phi) is 18.1. The summed E-state index contributed by atoms with van der Waals surface area (Å²) in [6.45, 7) is 8.23. The van der Waals surface area contributed by atoms with Crippen LogP contribution in [-0.2, 0) is 32.2 Å². The van der Waals surface area contributed by atoms with Crippen molar-refractivity contribution in [2.24, 2.45) is 23.7 Å². The minimum Gasteiger partial charge on any atom is -0.502 e. The maximum atomic E-state index is 13.8. The largest absolute Gasteiger partial charge is 0.502 e. The number of hydrogen-bond donors (Lipinski definition) is 4. The van der Waals surface area contributed by atoms with Gasteiger partial charge in [0.2, 0.25) is 25.1 Å². The van der Waals surface area contributed by atoms with E-state index in [0.29, 0.717) is 45.3 Å². The van der Waals surface area contributed by atoms with Gasteiger partial charge in [-0.05, 0) is 165 Å². The fourth-order valence-corrected chi connectivity index (χ4v) is 14.0. The number of ether oxygens (including phenoxy) is 10. The lowest BCUT2D eigenvalue weighted by Crippen LogP contribution is -2.43. The minimum absolute atomic E-state index is 0.0763. The molecule has 22 nitrogen and oxygen atoms in total. The van der Waals surface area contributed by atoms with Crippen LogP contribution in [0.4, 0.5) is 0 Å². The monoisotopic (exact) mass is 1250 g/mol. The van der Waals surface area contributed by atoms with Crippen molar-refractivity contribution in [3.8, 4) is 57.5 Å². The number of fused-ring (bicyclic) bond motifs is 6. The zero-order valence-electron chi connectivity index (χ0n) is 52.4. The number of carbonyl (C=O) groups is 4. The molecule has 0 bridgehead atoms. The van der Waals surface area contributed by atoms with Crippen LogP contribution in [0.25, 0.3) is 0 Å². The summed E-state index contributed by atoms with van der Waals surface area (Å²) in [4.78, 5) is 63.6. The third-order valence-corrected chi connectivity index (χ3v) is 18.7. The summed E-state index contributed by atoms with van der Waals surface area (Å²) in [7, 11) is 14.2. The van der Waals surface area contributed by atoms with Gasteiger partial charge in [0.05, 0.1) is 65.6 Å². The standard InChI is InChI=1S/C35H41N3O8.C34H37N3O8/c1-37(2)11-6-12-38(3)17-20-7-9-21(10-8-20)34(40)36-32-24-16-27-26(45-19-46-27)15-23(24)30(31-25(32)18-44-35(31)41)22-13-28(42-4)33(39)29(14-22)43-5;1-36-8-10-37(11-9-36)16-19-4-6-20(7-5-19)33(39)35-31-23-15-26-25(44-18-45-26)14-22(23)29(30-24(31)17-43-34(30)40)21-12-27(41-2)32(38)28(13-21)42-3/h7-10,13-16,25,30-32,39H,6,11-12,17-19H2,1-5H3,(H,36,40);4-7,12-15,24,29-31,38H,8-11,16-18H2,1-3H3,(H,35,39)/t25-,30+,31-,32+;24-,29+,30-,31+/m00/s1. The van der Waals surface area contributed by atoms with Gasteiger partial charge in [-0.2, -0.15) is 0 Å². The Hall–Kier alpha value is -8.96. The number of hydrogen-bond acceptors (Lipinski definition) is 20. The number of esters is 2. The highest BCUT2D eigenvalue weighted by Gasteiger charge is 2.55. The molecule has 3 saturated heterocycles. The Labute approximate surface area is 528 Å². The topological polar surface area (TPSA) is 238 Å². The average molecular weight is 1250 g/mol. The Morgan fingerprint density at radius 3 is 1.33 bits per heavy atom. The van der Waals surface area contributed by atoms with Gasteiger partial charge in [0.1, 0.15) is 0 Å². The first-order chi connectivity index (χ1) is 44.0. The molecule has 22 heteroatoms. The molecule has 6 aromatic rings. The molecule has 0 saturated carbocycles. The average Bonchev–Trinajstić information content (AvgIpc) is 1.04. The van der Waals surface area contributed by atoms with Crippen LogP contribution in [0.1, 0.15) is 95.6 Å². The van der Waals surface area contributed by atoms with Gasteiger partial charge in [-0.3, -0.25) is 24.1 Å². The highest BCUT2D eigenvalue weighted by Crippen LogP contribution is 2.58. The predicted octanol–water partition coefficient (Wildman–Crippen LogP) is 7.22. The molecule has 91 heavy (non-hydrogen) atoms. The van der Waals surface area contributed by atoms with Crippen molar-refractivity contribution < 1.29 is 76.8 Å². The number of nitrogens with zero attached hydrogens (tertiary/aromatic N) is 4. The highest BCUT2D eigenvalue weighted by atomic mass is 16.7. The summed E-state index contributed by atoms with van der Waals surface area (Å²) in [5.74, 6) is -1.26. The number of cyclic esters (lactones) is 2. The minimum atomic E-state index is -0.623. The van der Waals surface area contributed by atoms with E-state index in [0.717, 1.165) is 92.2 Å². The fraction of sp³-hybridized carbons (Fsp3) is 0.420. The first-order valence-electron chi connectivity index (χ1n) is 30.7. The molecular formula is C69H78N6O16. The van der Waals surface area contributed by atoms with Crippen LogP contribution in [0.15, 0.2) is 97.1 Å². The second-order valence-corrected chi connectivity index (χ2v) is 24.6. The Morgan fingerprint density at radius 2 is 0.934 bits per heavy atom. The predicted molar refractivity (Wildman–Crippen MR) is 333 cm³/mol. The van der Waals surface area contributed by atoms with Crippen LogP contribution in [0, 0.1) is 23.7 Å². The number of methoxy groups -OCH3 is 4. The number of aromatic hydroxyl groups is 2. The molecule has 4 N–H and O–H groups in total. The van der Waals surface area contributed by atoms with Crippen LogP contribution in [0.3, 0.4) is 0 Å². The van der Waals surface area contributed by atoms with Gasteiger partial charge in [0.15, 0.2) is 46.0 Å². The number of benzene rings is 6. The molecule has 7 aliphatic rings. The summed E-state index contributed by atoms with van der Waals surface area (Å²) in [5.41, 5.74) is 7.96. The second-order valence-electron chi connectivity index (χ2n) is 24.6. The highest BCUT2D eigenvalue weighted by molar-refractivity contribution is 5.95. The molecule has 0 unspecified atom stereocenters. The van der Waals surface area contributed by atoms with E-state index in [1.54, 1.807) is 24.3 Å². The molecule has 8 atom stereocenters. The number of amides is 2. The van der Waals surface area contributed by atoms with Gasteiger partial charge in [-0.25, -0.2) is 0 Å². The molecule has 6 aromatic carbocycles. The van der Waals surface area contributed by atoms with E-state index >= 15 is 0 Å². The van der Waals surface area contributed by atoms with E-state index in [1.807, 2.05) is 72.8 Å². The number of rotatable bonds is 18. The summed E-state index contributed by atoms with van der Waals surface area (Å²) in [6, 6.07) is 28.7. The molecule has 480 valence electrons. The number of likely N-dealkylation sites (N-methyl/N-ethyl adjacent to an activating group) is 1. The molecule has 0 spiro atoms. The summed E-state index contributed by atoms with van der Waals surface area (Å²) in [5, 5.41) is 27.7. The maximum Gasteiger partial charge on any atom is 0.310 e.